The molecular formula is C13H23N3O3S. The number of rotatable bonds is 10. The zero-order chi connectivity index (χ0) is 15.0. The van der Waals surface area contributed by atoms with E-state index in [0.29, 0.717) is 17.5 Å². The maximum absolute atomic E-state index is 11.3. The van der Waals surface area contributed by atoms with Crippen molar-refractivity contribution in [3.8, 4) is 0 Å². The van der Waals surface area contributed by atoms with Crippen LogP contribution in [-0.4, -0.2) is 39.1 Å². The zero-order valence-corrected chi connectivity index (χ0v) is 13.1. The molecule has 0 aliphatic heterocycles. The van der Waals surface area contributed by atoms with Gasteiger partial charge in [0.1, 0.15) is 5.54 Å². The molecule has 20 heavy (non-hydrogen) atoms. The van der Waals surface area contributed by atoms with Crippen molar-refractivity contribution in [3.05, 3.63) is 5.89 Å². The number of carbonyl (C=O) groups is 1. The minimum atomic E-state index is -0.832. The van der Waals surface area contributed by atoms with Crippen LogP contribution in [-0.2, 0) is 4.79 Å². The van der Waals surface area contributed by atoms with Gasteiger partial charge >= 0.3 is 5.97 Å². The van der Waals surface area contributed by atoms with Gasteiger partial charge in [-0.2, -0.15) is 0 Å². The highest BCUT2D eigenvalue weighted by Gasteiger charge is 2.31. The van der Waals surface area contributed by atoms with Gasteiger partial charge in [-0.3, -0.25) is 4.79 Å². The number of hydrogen-bond donors (Lipinski definition) is 2. The molecule has 1 atom stereocenters. The molecule has 0 saturated carbocycles. The summed E-state index contributed by atoms with van der Waals surface area (Å²) in [6, 6.07) is 0. The Hall–Kier alpha value is -1.08. The van der Waals surface area contributed by atoms with Gasteiger partial charge in [-0.15, -0.1) is 10.2 Å². The first-order chi connectivity index (χ1) is 9.48. The first-order valence-electron chi connectivity index (χ1n) is 6.89. The predicted molar refractivity (Wildman–Crippen MR) is 77.9 cm³/mol. The summed E-state index contributed by atoms with van der Waals surface area (Å²) in [5, 5.41) is 20.6. The molecule has 1 rings (SSSR count). The number of nitrogens with zero attached hydrogens (tertiary/aromatic N) is 2. The van der Waals surface area contributed by atoms with Gasteiger partial charge in [0.25, 0.3) is 5.22 Å². The van der Waals surface area contributed by atoms with Crippen LogP contribution in [0.4, 0.5) is 0 Å². The van der Waals surface area contributed by atoms with Crippen LogP contribution in [0.2, 0.25) is 0 Å². The Labute approximate surface area is 123 Å². The highest BCUT2D eigenvalue weighted by atomic mass is 32.2. The summed E-state index contributed by atoms with van der Waals surface area (Å²) in [6.07, 6.45) is 3.31. The third kappa shape index (κ3) is 5.50. The number of aryl methyl sites for hydroxylation is 1. The van der Waals surface area contributed by atoms with Crippen molar-refractivity contribution < 1.29 is 14.3 Å². The quantitative estimate of drug-likeness (QED) is 0.507. The van der Waals surface area contributed by atoms with Gasteiger partial charge in [-0.1, -0.05) is 25.1 Å². The number of carboxylic acids is 1. The van der Waals surface area contributed by atoms with E-state index in [1.54, 1.807) is 13.8 Å². The summed E-state index contributed by atoms with van der Waals surface area (Å²) >= 11 is 1.51. The highest BCUT2D eigenvalue weighted by molar-refractivity contribution is 7.99. The summed E-state index contributed by atoms with van der Waals surface area (Å²) in [4.78, 5) is 11.3. The average Bonchev–Trinajstić information content (AvgIpc) is 2.81. The number of hydrogen-bond acceptors (Lipinski definition) is 6. The lowest BCUT2D eigenvalue weighted by Gasteiger charge is -2.26. The first kappa shape index (κ1) is 17.0. The summed E-state index contributed by atoms with van der Waals surface area (Å²) in [6.45, 7) is 6.26. The molecular weight excluding hydrogens is 278 g/mol. The molecule has 0 spiro atoms. The minimum absolute atomic E-state index is 0.565. The van der Waals surface area contributed by atoms with Gasteiger partial charge in [0, 0.05) is 12.7 Å². The van der Waals surface area contributed by atoms with Gasteiger partial charge in [-0.05, 0) is 32.7 Å². The lowest BCUT2D eigenvalue weighted by Crippen LogP contribution is -2.49. The molecule has 7 heteroatoms. The minimum Gasteiger partial charge on any atom is -0.480 e. The first-order valence-corrected chi connectivity index (χ1v) is 7.88. The number of thioether (sulfide) groups is 1. The van der Waals surface area contributed by atoms with Gasteiger partial charge in [-0.25, -0.2) is 0 Å². The van der Waals surface area contributed by atoms with E-state index in [-0.39, 0.29) is 0 Å². The molecule has 0 aliphatic carbocycles. The fourth-order valence-corrected chi connectivity index (χ4v) is 2.55. The monoisotopic (exact) mass is 301 g/mol. The van der Waals surface area contributed by atoms with E-state index in [4.69, 9.17) is 4.42 Å². The van der Waals surface area contributed by atoms with Crippen LogP contribution >= 0.6 is 11.8 Å². The Morgan fingerprint density at radius 3 is 2.75 bits per heavy atom. The molecule has 0 radical (unpaired) electrons. The average molecular weight is 301 g/mol. The fourth-order valence-electron chi connectivity index (χ4n) is 1.75. The zero-order valence-electron chi connectivity index (χ0n) is 12.3. The van der Waals surface area contributed by atoms with E-state index >= 15 is 0 Å². The van der Waals surface area contributed by atoms with Crippen molar-refractivity contribution >= 4 is 17.7 Å². The Morgan fingerprint density at radius 1 is 1.45 bits per heavy atom. The van der Waals surface area contributed by atoms with E-state index in [9.17, 15) is 9.90 Å². The molecule has 1 heterocycles. The van der Waals surface area contributed by atoms with Crippen molar-refractivity contribution in [1.82, 2.24) is 15.5 Å². The third-order valence-electron chi connectivity index (χ3n) is 3.04. The molecule has 0 saturated heterocycles. The number of nitrogens with one attached hydrogen (secondary N) is 1. The normalized spacial score (nSPS) is 14.2. The Balaban J connectivity index is 2.25. The molecule has 6 nitrogen and oxygen atoms in total. The van der Waals surface area contributed by atoms with Crippen LogP contribution in [0, 0.1) is 6.92 Å². The number of carboxylic acid groups (broad SMARTS) is 1. The Kier molecular flexibility index (Phi) is 7.01. The molecule has 1 aromatic rings. The van der Waals surface area contributed by atoms with Crippen LogP contribution in [0.3, 0.4) is 0 Å². The second kappa shape index (κ2) is 8.26. The highest BCUT2D eigenvalue weighted by Crippen LogP contribution is 2.20. The van der Waals surface area contributed by atoms with Crippen LogP contribution in [0.5, 0.6) is 0 Å². The molecule has 0 bridgehead atoms. The third-order valence-corrected chi connectivity index (χ3v) is 3.95. The van der Waals surface area contributed by atoms with Crippen molar-refractivity contribution in [3.63, 3.8) is 0 Å². The van der Waals surface area contributed by atoms with Crippen molar-refractivity contribution in [2.75, 3.05) is 12.3 Å². The second-order valence-electron chi connectivity index (χ2n) is 4.96. The molecule has 2 N–H and O–H groups in total. The van der Waals surface area contributed by atoms with Gasteiger partial charge < -0.3 is 14.8 Å². The summed E-state index contributed by atoms with van der Waals surface area (Å²) in [5.41, 5.74) is -0.832. The molecule has 114 valence electrons. The van der Waals surface area contributed by atoms with E-state index in [0.717, 1.165) is 31.6 Å². The lowest BCUT2D eigenvalue weighted by atomic mass is 9.95. The SMILES string of the molecule is CCCNC(C)(CCCCSc1nnc(C)o1)C(=O)O. The summed E-state index contributed by atoms with van der Waals surface area (Å²) < 4.78 is 5.26. The predicted octanol–water partition coefficient (Wildman–Crippen LogP) is 2.48. The van der Waals surface area contributed by atoms with Crippen LogP contribution in [0.15, 0.2) is 9.64 Å². The molecule has 0 aromatic carbocycles. The summed E-state index contributed by atoms with van der Waals surface area (Å²) in [5.74, 6) is 0.631. The largest absolute Gasteiger partial charge is 0.480 e. The molecule has 0 amide bonds. The van der Waals surface area contributed by atoms with Crippen LogP contribution < -0.4 is 5.32 Å². The van der Waals surface area contributed by atoms with Crippen molar-refractivity contribution in [2.24, 2.45) is 0 Å². The number of aromatic nitrogens is 2. The Bertz CT molecular complexity index is 425. The van der Waals surface area contributed by atoms with Crippen LogP contribution in [0.1, 0.15) is 45.4 Å². The maximum atomic E-state index is 11.3. The van der Waals surface area contributed by atoms with Crippen molar-refractivity contribution in [2.45, 2.75) is 57.2 Å². The number of unbranched alkanes of at least 4 members (excludes halogenated alkanes) is 1. The van der Waals surface area contributed by atoms with Gasteiger partial charge in [0.15, 0.2) is 0 Å². The maximum Gasteiger partial charge on any atom is 0.323 e. The van der Waals surface area contributed by atoms with E-state index in [1.165, 1.54) is 11.8 Å². The van der Waals surface area contributed by atoms with Gasteiger partial charge in [0.05, 0.1) is 0 Å². The molecule has 1 aromatic heterocycles. The molecule has 0 aliphatic rings. The number of aliphatic carboxylic acids is 1. The lowest BCUT2D eigenvalue weighted by molar-refractivity contribution is -0.144. The Morgan fingerprint density at radius 2 is 2.20 bits per heavy atom. The van der Waals surface area contributed by atoms with E-state index in [2.05, 4.69) is 15.5 Å². The topological polar surface area (TPSA) is 88.3 Å². The van der Waals surface area contributed by atoms with E-state index < -0.39 is 11.5 Å². The van der Waals surface area contributed by atoms with Gasteiger partial charge in [0.2, 0.25) is 5.89 Å². The van der Waals surface area contributed by atoms with Crippen LogP contribution in [0.25, 0.3) is 0 Å². The fraction of sp³-hybridized carbons (Fsp3) is 0.769. The second-order valence-corrected chi connectivity index (χ2v) is 6.00. The standard InChI is InChI=1S/C13H23N3O3S/c1-4-8-14-13(3,11(17)18)7-5-6-9-20-12-16-15-10(2)19-12/h14H,4-9H2,1-3H3,(H,17,18). The van der Waals surface area contributed by atoms with E-state index in [1.807, 2.05) is 6.92 Å². The van der Waals surface area contributed by atoms with Crippen molar-refractivity contribution in [1.29, 1.82) is 0 Å². The molecule has 1 unspecified atom stereocenters. The summed E-state index contributed by atoms with van der Waals surface area (Å²) in [7, 11) is 0. The smallest absolute Gasteiger partial charge is 0.323 e. The molecule has 0 fully saturated rings.